The quantitative estimate of drug-likeness (QED) is 0.879. The minimum absolute atomic E-state index is 0.204. The molecule has 0 amide bonds. The average Bonchev–Trinajstić information content (AvgIpc) is 2.48. The molecular formula is C17H23N3O. The molecule has 0 aliphatic carbocycles. The third-order valence-corrected chi connectivity index (χ3v) is 3.33. The van der Waals surface area contributed by atoms with E-state index in [9.17, 15) is 0 Å². The number of pyridine rings is 1. The van der Waals surface area contributed by atoms with Crippen LogP contribution in [-0.4, -0.2) is 25.6 Å². The van der Waals surface area contributed by atoms with Gasteiger partial charge in [0.25, 0.3) is 0 Å². The lowest BCUT2D eigenvalue weighted by atomic mass is 10.1. The van der Waals surface area contributed by atoms with E-state index in [-0.39, 0.29) is 6.04 Å². The molecule has 4 nitrogen and oxygen atoms in total. The Bertz CT molecular complexity index is 584. The van der Waals surface area contributed by atoms with Crippen LogP contribution in [0.2, 0.25) is 0 Å². The Kier molecular flexibility index (Phi) is 5.17. The number of nitrogens with zero attached hydrogens (tertiary/aromatic N) is 2. The van der Waals surface area contributed by atoms with Crippen LogP contribution < -0.4 is 15.0 Å². The van der Waals surface area contributed by atoms with Gasteiger partial charge in [0, 0.05) is 43.7 Å². The fraction of sp³-hybridized carbons (Fsp3) is 0.353. The highest BCUT2D eigenvalue weighted by atomic mass is 16.5. The molecule has 1 unspecified atom stereocenters. The molecule has 0 spiro atoms. The van der Waals surface area contributed by atoms with Gasteiger partial charge in [-0.05, 0) is 31.7 Å². The topological polar surface area (TPSA) is 37.4 Å². The third kappa shape index (κ3) is 3.95. The van der Waals surface area contributed by atoms with Crippen molar-refractivity contribution in [1.29, 1.82) is 0 Å². The summed E-state index contributed by atoms with van der Waals surface area (Å²) < 4.78 is 5.99. The van der Waals surface area contributed by atoms with Crippen LogP contribution in [0.15, 0.2) is 42.6 Å². The van der Waals surface area contributed by atoms with Gasteiger partial charge in [0.2, 0.25) is 5.88 Å². The van der Waals surface area contributed by atoms with Gasteiger partial charge in [0.1, 0.15) is 5.75 Å². The number of anilines is 1. The van der Waals surface area contributed by atoms with Crippen LogP contribution in [0.4, 0.5) is 5.69 Å². The predicted octanol–water partition coefficient (Wildman–Crippen LogP) is 3.61. The van der Waals surface area contributed by atoms with E-state index < -0.39 is 0 Å². The van der Waals surface area contributed by atoms with Gasteiger partial charge in [-0.1, -0.05) is 19.1 Å². The molecule has 1 heterocycles. The zero-order chi connectivity index (χ0) is 15.2. The Labute approximate surface area is 126 Å². The van der Waals surface area contributed by atoms with Crippen LogP contribution in [0.25, 0.3) is 0 Å². The van der Waals surface area contributed by atoms with Gasteiger partial charge in [0.05, 0.1) is 0 Å². The van der Waals surface area contributed by atoms with Crippen molar-refractivity contribution < 1.29 is 4.74 Å². The molecular weight excluding hydrogens is 262 g/mol. The van der Waals surface area contributed by atoms with E-state index in [1.807, 2.05) is 55.4 Å². The van der Waals surface area contributed by atoms with Gasteiger partial charge < -0.3 is 15.0 Å². The molecule has 112 valence electrons. The van der Waals surface area contributed by atoms with E-state index in [1.54, 1.807) is 6.20 Å². The average molecular weight is 285 g/mol. The van der Waals surface area contributed by atoms with E-state index in [1.165, 1.54) is 0 Å². The standard InChI is InChI=1S/C17H23N3O/c1-5-18-13(2)16-10-7-11-19-17(16)21-15-9-6-8-14(12-15)20(3)4/h6-13,18H,5H2,1-4H3. The maximum atomic E-state index is 5.99. The largest absolute Gasteiger partial charge is 0.439 e. The molecule has 0 aliphatic heterocycles. The molecule has 1 atom stereocenters. The van der Waals surface area contributed by atoms with Crippen LogP contribution in [0, 0.1) is 0 Å². The van der Waals surface area contributed by atoms with Crippen LogP contribution >= 0.6 is 0 Å². The Hall–Kier alpha value is -2.07. The molecule has 4 heteroatoms. The summed E-state index contributed by atoms with van der Waals surface area (Å²) >= 11 is 0. The second-order valence-electron chi connectivity index (χ2n) is 5.17. The van der Waals surface area contributed by atoms with Crippen molar-refractivity contribution in [2.75, 3.05) is 25.5 Å². The smallest absolute Gasteiger partial charge is 0.223 e. The fourth-order valence-corrected chi connectivity index (χ4v) is 2.17. The lowest BCUT2D eigenvalue weighted by molar-refractivity contribution is 0.444. The first-order valence-electron chi connectivity index (χ1n) is 7.25. The Morgan fingerprint density at radius 2 is 2.05 bits per heavy atom. The summed E-state index contributed by atoms with van der Waals surface area (Å²) in [4.78, 5) is 6.43. The maximum Gasteiger partial charge on any atom is 0.223 e. The molecule has 1 aromatic heterocycles. The highest BCUT2D eigenvalue weighted by Crippen LogP contribution is 2.29. The summed E-state index contributed by atoms with van der Waals surface area (Å²) in [6, 6.07) is 12.2. The summed E-state index contributed by atoms with van der Waals surface area (Å²) in [6.07, 6.45) is 1.76. The number of rotatable bonds is 6. The Morgan fingerprint density at radius 1 is 1.24 bits per heavy atom. The molecule has 1 aromatic carbocycles. The third-order valence-electron chi connectivity index (χ3n) is 3.33. The van der Waals surface area contributed by atoms with Crippen molar-refractivity contribution in [3.63, 3.8) is 0 Å². The monoisotopic (exact) mass is 285 g/mol. The van der Waals surface area contributed by atoms with E-state index in [0.29, 0.717) is 5.88 Å². The molecule has 0 aliphatic rings. The minimum Gasteiger partial charge on any atom is -0.439 e. The predicted molar refractivity (Wildman–Crippen MR) is 87.2 cm³/mol. The molecule has 2 rings (SSSR count). The summed E-state index contributed by atoms with van der Waals surface area (Å²) in [5, 5.41) is 3.39. The van der Waals surface area contributed by atoms with Crippen LogP contribution in [0.1, 0.15) is 25.5 Å². The highest BCUT2D eigenvalue weighted by Gasteiger charge is 2.12. The van der Waals surface area contributed by atoms with Crippen molar-refractivity contribution in [3.05, 3.63) is 48.2 Å². The van der Waals surface area contributed by atoms with Gasteiger partial charge in [-0.3, -0.25) is 0 Å². The second kappa shape index (κ2) is 7.09. The number of nitrogens with one attached hydrogen (secondary N) is 1. The van der Waals surface area contributed by atoms with Crippen LogP contribution in [-0.2, 0) is 0 Å². The van der Waals surface area contributed by atoms with Crippen LogP contribution in [0.3, 0.4) is 0 Å². The highest BCUT2D eigenvalue weighted by molar-refractivity contribution is 5.50. The number of hydrogen-bond donors (Lipinski definition) is 1. The van der Waals surface area contributed by atoms with Crippen molar-refractivity contribution in [1.82, 2.24) is 10.3 Å². The van der Waals surface area contributed by atoms with Crippen molar-refractivity contribution in [3.8, 4) is 11.6 Å². The van der Waals surface area contributed by atoms with E-state index in [4.69, 9.17) is 4.74 Å². The second-order valence-corrected chi connectivity index (χ2v) is 5.17. The summed E-state index contributed by atoms with van der Waals surface area (Å²) in [5.74, 6) is 1.45. The fourth-order valence-electron chi connectivity index (χ4n) is 2.17. The van der Waals surface area contributed by atoms with Gasteiger partial charge in [-0.25, -0.2) is 4.98 Å². The zero-order valence-corrected chi connectivity index (χ0v) is 13.1. The molecule has 2 aromatic rings. The molecule has 0 radical (unpaired) electrons. The maximum absolute atomic E-state index is 5.99. The van der Waals surface area contributed by atoms with Gasteiger partial charge in [0.15, 0.2) is 0 Å². The SMILES string of the molecule is CCNC(C)c1cccnc1Oc1cccc(N(C)C)c1. The van der Waals surface area contributed by atoms with Gasteiger partial charge in [-0.2, -0.15) is 0 Å². The molecule has 0 saturated carbocycles. The lowest BCUT2D eigenvalue weighted by Crippen LogP contribution is -2.18. The number of ether oxygens (including phenoxy) is 1. The Morgan fingerprint density at radius 3 is 2.76 bits per heavy atom. The van der Waals surface area contributed by atoms with Crippen molar-refractivity contribution in [2.45, 2.75) is 19.9 Å². The van der Waals surface area contributed by atoms with Crippen LogP contribution in [0.5, 0.6) is 11.6 Å². The van der Waals surface area contributed by atoms with Crippen molar-refractivity contribution >= 4 is 5.69 Å². The minimum atomic E-state index is 0.204. The first kappa shape index (κ1) is 15.3. The zero-order valence-electron chi connectivity index (χ0n) is 13.1. The molecule has 0 bridgehead atoms. The summed E-state index contributed by atoms with van der Waals surface area (Å²) in [7, 11) is 4.02. The van der Waals surface area contributed by atoms with E-state index >= 15 is 0 Å². The Balaban J connectivity index is 2.25. The first-order chi connectivity index (χ1) is 10.1. The molecule has 1 N–H and O–H groups in total. The molecule has 21 heavy (non-hydrogen) atoms. The molecule has 0 saturated heterocycles. The lowest BCUT2D eigenvalue weighted by Gasteiger charge is -2.17. The number of aromatic nitrogens is 1. The molecule has 0 fully saturated rings. The normalized spacial score (nSPS) is 12.0. The van der Waals surface area contributed by atoms with E-state index in [0.717, 1.165) is 23.5 Å². The number of benzene rings is 1. The summed E-state index contributed by atoms with van der Waals surface area (Å²) in [6.45, 7) is 5.11. The van der Waals surface area contributed by atoms with Gasteiger partial charge in [-0.15, -0.1) is 0 Å². The van der Waals surface area contributed by atoms with Gasteiger partial charge >= 0.3 is 0 Å². The van der Waals surface area contributed by atoms with Crippen molar-refractivity contribution in [2.24, 2.45) is 0 Å². The number of hydrogen-bond acceptors (Lipinski definition) is 4. The first-order valence-corrected chi connectivity index (χ1v) is 7.25. The van der Waals surface area contributed by atoms with E-state index in [2.05, 4.69) is 24.1 Å². The summed E-state index contributed by atoms with van der Waals surface area (Å²) in [5.41, 5.74) is 2.17.